The number of hydrogen-bond acceptors (Lipinski definition) is 3. The molecule has 3 heteroatoms. The molecule has 1 N–H and O–H groups in total. The van der Waals surface area contributed by atoms with Gasteiger partial charge in [-0.05, 0) is 25.1 Å². The first kappa shape index (κ1) is 11.3. The zero-order chi connectivity index (χ0) is 9.40. The maximum Gasteiger partial charge on any atom is 0.119 e. The third kappa shape index (κ3) is 5.04. The SMILES string of the molecule is CCO.COc1cccc(S)c1. The van der Waals surface area contributed by atoms with Gasteiger partial charge in [-0.3, -0.25) is 0 Å². The van der Waals surface area contributed by atoms with Gasteiger partial charge < -0.3 is 9.84 Å². The van der Waals surface area contributed by atoms with Gasteiger partial charge in [0.15, 0.2) is 0 Å². The van der Waals surface area contributed by atoms with E-state index in [1.165, 1.54) is 0 Å². The van der Waals surface area contributed by atoms with Gasteiger partial charge in [0.05, 0.1) is 7.11 Å². The summed E-state index contributed by atoms with van der Waals surface area (Å²) in [6.07, 6.45) is 0. The van der Waals surface area contributed by atoms with Crippen LogP contribution in [-0.2, 0) is 0 Å². The Morgan fingerprint density at radius 2 is 2.08 bits per heavy atom. The minimum atomic E-state index is 0.250. The average molecular weight is 186 g/mol. The van der Waals surface area contributed by atoms with Gasteiger partial charge in [0.2, 0.25) is 0 Å². The number of methoxy groups -OCH3 is 1. The van der Waals surface area contributed by atoms with Gasteiger partial charge in [-0.15, -0.1) is 12.6 Å². The highest BCUT2D eigenvalue weighted by Gasteiger charge is 1.87. The fourth-order valence-corrected chi connectivity index (χ4v) is 0.824. The Bertz CT molecular complexity index is 213. The highest BCUT2D eigenvalue weighted by molar-refractivity contribution is 7.80. The van der Waals surface area contributed by atoms with E-state index in [9.17, 15) is 0 Å². The maximum absolute atomic E-state index is 7.57. The Balaban J connectivity index is 0.000000354. The van der Waals surface area contributed by atoms with Crippen molar-refractivity contribution in [2.75, 3.05) is 13.7 Å². The topological polar surface area (TPSA) is 29.5 Å². The van der Waals surface area contributed by atoms with E-state index in [1.807, 2.05) is 24.3 Å². The molecule has 0 aliphatic carbocycles. The van der Waals surface area contributed by atoms with Crippen LogP contribution >= 0.6 is 12.6 Å². The molecule has 0 fully saturated rings. The molecule has 0 saturated carbocycles. The van der Waals surface area contributed by atoms with E-state index in [2.05, 4.69) is 12.6 Å². The summed E-state index contributed by atoms with van der Waals surface area (Å²) in [5.74, 6) is 0.850. The van der Waals surface area contributed by atoms with Crippen LogP contribution < -0.4 is 4.74 Å². The zero-order valence-corrected chi connectivity index (χ0v) is 8.21. The lowest BCUT2D eigenvalue weighted by Crippen LogP contribution is -1.80. The summed E-state index contributed by atoms with van der Waals surface area (Å²) < 4.78 is 4.95. The number of thiol groups is 1. The molecule has 0 amide bonds. The first-order valence-corrected chi connectivity index (χ1v) is 4.13. The molecule has 0 atom stereocenters. The number of aliphatic hydroxyl groups excluding tert-OH is 1. The minimum absolute atomic E-state index is 0.250. The van der Waals surface area contributed by atoms with Crippen molar-refractivity contribution in [2.45, 2.75) is 11.8 Å². The Morgan fingerprint density at radius 3 is 2.42 bits per heavy atom. The standard InChI is InChI=1S/C7H8OS.C2H6O/c1-8-6-3-2-4-7(9)5-6;1-2-3/h2-5,9H,1H3;3H,2H2,1H3. The third-order valence-corrected chi connectivity index (χ3v) is 1.33. The molecule has 1 aromatic carbocycles. The molecule has 1 rings (SSSR count). The van der Waals surface area contributed by atoms with Crippen molar-refractivity contribution < 1.29 is 9.84 Å². The second kappa shape index (κ2) is 7.00. The number of aliphatic hydroxyl groups is 1. The van der Waals surface area contributed by atoms with Crippen LogP contribution in [-0.4, -0.2) is 18.8 Å². The molecule has 0 radical (unpaired) electrons. The molecule has 68 valence electrons. The van der Waals surface area contributed by atoms with E-state index >= 15 is 0 Å². The molecular weight excluding hydrogens is 172 g/mol. The smallest absolute Gasteiger partial charge is 0.119 e. The van der Waals surface area contributed by atoms with Crippen LogP contribution in [0.2, 0.25) is 0 Å². The van der Waals surface area contributed by atoms with Gasteiger partial charge in [0, 0.05) is 11.5 Å². The van der Waals surface area contributed by atoms with E-state index in [1.54, 1.807) is 14.0 Å². The molecule has 0 aliphatic heterocycles. The summed E-state index contributed by atoms with van der Waals surface area (Å²) in [5.41, 5.74) is 0. The van der Waals surface area contributed by atoms with Gasteiger partial charge in [-0.25, -0.2) is 0 Å². The van der Waals surface area contributed by atoms with Gasteiger partial charge in [0.1, 0.15) is 5.75 Å². The van der Waals surface area contributed by atoms with Crippen LogP contribution in [0.3, 0.4) is 0 Å². The Morgan fingerprint density at radius 1 is 1.50 bits per heavy atom. The molecule has 2 nitrogen and oxygen atoms in total. The van der Waals surface area contributed by atoms with Crippen molar-refractivity contribution in [3.05, 3.63) is 24.3 Å². The lowest BCUT2D eigenvalue weighted by atomic mass is 10.3. The average Bonchev–Trinajstić information content (AvgIpc) is 2.06. The highest BCUT2D eigenvalue weighted by atomic mass is 32.1. The van der Waals surface area contributed by atoms with Crippen LogP contribution in [0.4, 0.5) is 0 Å². The molecule has 0 aromatic heterocycles. The molecule has 0 saturated heterocycles. The molecule has 0 aliphatic rings. The van der Waals surface area contributed by atoms with Crippen molar-refractivity contribution >= 4 is 12.6 Å². The molecular formula is C9H14O2S. The second-order valence-corrected chi connectivity index (χ2v) is 2.53. The van der Waals surface area contributed by atoms with Gasteiger partial charge in [-0.2, -0.15) is 0 Å². The summed E-state index contributed by atoms with van der Waals surface area (Å²) in [4.78, 5) is 0.925. The number of ether oxygens (including phenoxy) is 1. The van der Waals surface area contributed by atoms with Crippen LogP contribution in [0.25, 0.3) is 0 Å². The molecule has 12 heavy (non-hydrogen) atoms. The number of hydrogen-bond donors (Lipinski definition) is 2. The quantitative estimate of drug-likeness (QED) is 0.657. The highest BCUT2D eigenvalue weighted by Crippen LogP contribution is 2.14. The predicted octanol–water partition coefficient (Wildman–Crippen LogP) is 1.98. The molecule has 0 heterocycles. The van der Waals surface area contributed by atoms with E-state index in [0.717, 1.165) is 10.6 Å². The molecule has 0 unspecified atom stereocenters. The number of benzene rings is 1. The normalized spacial score (nSPS) is 8.33. The molecule has 0 spiro atoms. The lowest BCUT2D eigenvalue weighted by Gasteiger charge is -1.97. The monoisotopic (exact) mass is 186 g/mol. The van der Waals surface area contributed by atoms with Crippen LogP contribution in [0.1, 0.15) is 6.92 Å². The fourth-order valence-electron chi connectivity index (χ4n) is 0.610. The van der Waals surface area contributed by atoms with E-state index in [0.29, 0.717) is 0 Å². The van der Waals surface area contributed by atoms with Crippen LogP contribution in [0.5, 0.6) is 5.75 Å². The second-order valence-electron chi connectivity index (χ2n) is 2.02. The van der Waals surface area contributed by atoms with E-state index < -0.39 is 0 Å². The molecule has 0 bridgehead atoms. The zero-order valence-electron chi connectivity index (χ0n) is 7.32. The first-order chi connectivity index (χ1) is 5.74. The summed E-state index contributed by atoms with van der Waals surface area (Å²) in [6, 6.07) is 7.57. The third-order valence-electron chi connectivity index (χ3n) is 1.05. The van der Waals surface area contributed by atoms with Gasteiger partial charge in [0.25, 0.3) is 0 Å². The Kier molecular flexibility index (Phi) is 6.61. The van der Waals surface area contributed by atoms with Crippen molar-refractivity contribution in [1.82, 2.24) is 0 Å². The van der Waals surface area contributed by atoms with Crippen molar-refractivity contribution in [2.24, 2.45) is 0 Å². The largest absolute Gasteiger partial charge is 0.497 e. The van der Waals surface area contributed by atoms with Crippen molar-refractivity contribution in [3.63, 3.8) is 0 Å². The predicted molar refractivity (Wildman–Crippen MR) is 53.0 cm³/mol. The summed E-state index contributed by atoms with van der Waals surface area (Å²) >= 11 is 4.13. The summed E-state index contributed by atoms with van der Waals surface area (Å²) in [5, 5.41) is 7.57. The van der Waals surface area contributed by atoms with E-state index in [4.69, 9.17) is 9.84 Å². The summed E-state index contributed by atoms with van der Waals surface area (Å²) in [7, 11) is 1.64. The van der Waals surface area contributed by atoms with E-state index in [-0.39, 0.29) is 6.61 Å². The first-order valence-electron chi connectivity index (χ1n) is 3.68. The Labute approximate surface area is 78.6 Å². The maximum atomic E-state index is 7.57. The molecule has 1 aromatic rings. The minimum Gasteiger partial charge on any atom is -0.497 e. The van der Waals surface area contributed by atoms with Crippen LogP contribution in [0, 0.1) is 0 Å². The fraction of sp³-hybridized carbons (Fsp3) is 0.333. The van der Waals surface area contributed by atoms with Crippen molar-refractivity contribution in [1.29, 1.82) is 0 Å². The number of rotatable bonds is 1. The van der Waals surface area contributed by atoms with Crippen molar-refractivity contribution in [3.8, 4) is 5.75 Å². The van der Waals surface area contributed by atoms with Crippen LogP contribution in [0.15, 0.2) is 29.2 Å². The van der Waals surface area contributed by atoms with Gasteiger partial charge in [-0.1, -0.05) is 6.07 Å². The lowest BCUT2D eigenvalue weighted by molar-refractivity contribution is 0.318. The van der Waals surface area contributed by atoms with Gasteiger partial charge >= 0.3 is 0 Å². The summed E-state index contributed by atoms with van der Waals surface area (Å²) in [6.45, 7) is 1.93. The Hall–Kier alpha value is -0.670.